The summed E-state index contributed by atoms with van der Waals surface area (Å²) in [6.07, 6.45) is 1.07. The second kappa shape index (κ2) is 4.96. The molecular formula is C13H20N4O3S. The Labute approximate surface area is 123 Å². The van der Waals surface area contributed by atoms with Gasteiger partial charge in [-0.2, -0.15) is 0 Å². The van der Waals surface area contributed by atoms with E-state index in [2.05, 4.69) is 14.8 Å². The monoisotopic (exact) mass is 312 g/mol. The van der Waals surface area contributed by atoms with Gasteiger partial charge in [0.05, 0.1) is 18.0 Å². The van der Waals surface area contributed by atoms with Crippen LogP contribution in [0.2, 0.25) is 0 Å². The van der Waals surface area contributed by atoms with Crippen molar-refractivity contribution in [3.63, 3.8) is 0 Å². The van der Waals surface area contributed by atoms with E-state index in [4.69, 9.17) is 0 Å². The maximum absolute atomic E-state index is 12.1. The van der Waals surface area contributed by atoms with Crippen LogP contribution >= 0.6 is 0 Å². The Hall–Kier alpha value is -1.67. The van der Waals surface area contributed by atoms with Crippen molar-refractivity contribution in [2.75, 3.05) is 6.26 Å². The first kappa shape index (κ1) is 15.7. The summed E-state index contributed by atoms with van der Waals surface area (Å²) in [5.41, 5.74) is 1.34. The van der Waals surface area contributed by atoms with Gasteiger partial charge in [-0.1, -0.05) is 20.8 Å². The van der Waals surface area contributed by atoms with Gasteiger partial charge in [-0.15, -0.1) is 0 Å². The molecule has 0 spiro atoms. The lowest BCUT2D eigenvalue weighted by Gasteiger charge is -2.14. The molecule has 0 aliphatic carbocycles. The van der Waals surface area contributed by atoms with E-state index in [0.29, 0.717) is 11.3 Å². The highest BCUT2D eigenvalue weighted by Gasteiger charge is 2.19. The van der Waals surface area contributed by atoms with Gasteiger partial charge >= 0.3 is 0 Å². The van der Waals surface area contributed by atoms with Crippen molar-refractivity contribution in [1.82, 2.24) is 19.3 Å². The smallest absolute Gasteiger partial charge is 0.272 e. The molecule has 116 valence electrons. The molecule has 0 saturated heterocycles. The van der Waals surface area contributed by atoms with Gasteiger partial charge in [-0.05, 0) is 6.92 Å². The molecule has 0 aromatic carbocycles. The normalized spacial score (nSPS) is 14.5. The lowest BCUT2D eigenvalue weighted by atomic mass is 9.93. The molecule has 0 aliphatic rings. The van der Waals surface area contributed by atoms with Crippen molar-refractivity contribution in [1.29, 1.82) is 0 Å². The fourth-order valence-corrected chi connectivity index (χ4v) is 2.76. The average molecular weight is 312 g/mol. The Balaban J connectivity index is 2.52. The van der Waals surface area contributed by atoms with Crippen molar-refractivity contribution in [2.24, 2.45) is 0 Å². The van der Waals surface area contributed by atoms with E-state index in [1.807, 2.05) is 20.8 Å². The van der Waals surface area contributed by atoms with Crippen molar-refractivity contribution in [2.45, 2.75) is 39.2 Å². The van der Waals surface area contributed by atoms with Crippen LogP contribution in [0.4, 0.5) is 0 Å². The third-order valence-electron chi connectivity index (χ3n) is 3.11. The summed E-state index contributed by atoms with van der Waals surface area (Å²) < 4.78 is 26.3. The van der Waals surface area contributed by atoms with Crippen molar-refractivity contribution in [3.8, 4) is 0 Å². The van der Waals surface area contributed by atoms with E-state index in [0.717, 1.165) is 11.9 Å². The van der Waals surface area contributed by atoms with Gasteiger partial charge in [0.2, 0.25) is 10.0 Å². The number of fused-ring (bicyclic) bond motifs is 1. The van der Waals surface area contributed by atoms with Crippen LogP contribution in [-0.4, -0.2) is 29.3 Å². The van der Waals surface area contributed by atoms with Gasteiger partial charge in [0.1, 0.15) is 0 Å². The number of rotatable bonds is 3. The second-order valence-corrected chi connectivity index (χ2v) is 8.02. The Morgan fingerprint density at radius 3 is 2.48 bits per heavy atom. The zero-order valence-corrected chi connectivity index (χ0v) is 13.6. The molecule has 0 aliphatic heterocycles. The number of hydrogen-bond acceptors (Lipinski definition) is 4. The van der Waals surface area contributed by atoms with E-state index in [-0.39, 0.29) is 11.0 Å². The molecule has 2 aromatic heterocycles. The topological polar surface area (TPSA) is 96.3 Å². The maximum atomic E-state index is 12.1. The second-order valence-electron chi connectivity index (χ2n) is 6.24. The minimum absolute atomic E-state index is 0.142. The summed E-state index contributed by atoms with van der Waals surface area (Å²) >= 11 is 0. The van der Waals surface area contributed by atoms with Crippen LogP contribution in [0, 0.1) is 0 Å². The largest absolute Gasteiger partial charge is 0.293 e. The third-order valence-corrected chi connectivity index (χ3v) is 3.89. The molecular weight excluding hydrogens is 292 g/mol. The molecule has 8 heteroatoms. The summed E-state index contributed by atoms with van der Waals surface area (Å²) in [4.78, 5) is 16.5. The molecule has 0 saturated carbocycles. The molecule has 0 radical (unpaired) electrons. The van der Waals surface area contributed by atoms with Crippen LogP contribution < -0.4 is 10.3 Å². The predicted octanol–water partition coefficient (Wildman–Crippen LogP) is 0.930. The number of nitrogens with one attached hydrogen (secondary N) is 2. The minimum Gasteiger partial charge on any atom is -0.293 e. The summed E-state index contributed by atoms with van der Waals surface area (Å²) in [7, 11) is -3.36. The Kier molecular flexibility index (Phi) is 3.71. The van der Waals surface area contributed by atoms with Gasteiger partial charge < -0.3 is 0 Å². The summed E-state index contributed by atoms with van der Waals surface area (Å²) in [6.45, 7) is 7.73. The fraction of sp³-hybridized carbons (Fsp3) is 0.538. The molecule has 0 bridgehead atoms. The van der Waals surface area contributed by atoms with E-state index in [1.165, 1.54) is 10.6 Å². The van der Waals surface area contributed by atoms with Gasteiger partial charge in [-0.25, -0.2) is 22.6 Å². The molecule has 21 heavy (non-hydrogen) atoms. The lowest BCUT2D eigenvalue weighted by Crippen LogP contribution is -2.28. The SMILES string of the molecule is CC(NS(C)(=O)=O)c1cc(=O)n2[nH]c(C(C)(C)C)cc2n1. The van der Waals surface area contributed by atoms with Crippen molar-refractivity contribution >= 4 is 15.7 Å². The number of sulfonamides is 1. The molecule has 1 unspecified atom stereocenters. The van der Waals surface area contributed by atoms with E-state index < -0.39 is 16.1 Å². The third kappa shape index (κ3) is 3.51. The number of hydrogen-bond donors (Lipinski definition) is 2. The molecule has 7 nitrogen and oxygen atoms in total. The Morgan fingerprint density at radius 2 is 1.95 bits per heavy atom. The average Bonchev–Trinajstić information content (AvgIpc) is 2.70. The first-order valence-corrected chi connectivity index (χ1v) is 8.47. The van der Waals surface area contributed by atoms with Crippen LogP contribution in [-0.2, 0) is 15.4 Å². The van der Waals surface area contributed by atoms with Gasteiger partial charge in [-0.3, -0.25) is 9.89 Å². The first-order valence-electron chi connectivity index (χ1n) is 6.58. The highest BCUT2D eigenvalue weighted by atomic mass is 32.2. The zero-order valence-electron chi connectivity index (χ0n) is 12.8. The highest BCUT2D eigenvalue weighted by Crippen LogP contribution is 2.21. The summed E-state index contributed by atoms with van der Waals surface area (Å²) in [6, 6.07) is 2.57. The van der Waals surface area contributed by atoms with Crippen LogP contribution in [0.25, 0.3) is 5.65 Å². The first-order chi connectivity index (χ1) is 9.47. The molecule has 2 N–H and O–H groups in total. The lowest BCUT2D eigenvalue weighted by molar-refractivity contribution is 0.560. The summed E-state index contributed by atoms with van der Waals surface area (Å²) in [5, 5.41) is 3.02. The number of nitrogens with zero attached hydrogens (tertiary/aromatic N) is 2. The van der Waals surface area contributed by atoms with E-state index in [9.17, 15) is 13.2 Å². The van der Waals surface area contributed by atoms with Crippen molar-refractivity contribution in [3.05, 3.63) is 33.9 Å². The minimum atomic E-state index is -3.36. The standard InChI is InChI=1S/C13H20N4O3S/c1-8(16-21(5,19)20)9-6-12(18)17-11(14-9)7-10(15-17)13(2,3)4/h6-8,15-16H,1-5H3. The molecule has 2 rings (SSSR count). The van der Waals surface area contributed by atoms with E-state index in [1.54, 1.807) is 13.0 Å². The Bertz CT molecular complexity index is 827. The highest BCUT2D eigenvalue weighted by molar-refractivity contribution is 7.88. The van der Waals surface area contributed by atoms with Crippen LogP contribution in [0.5, 0.6) is 0 Å². The van der Waals surface area contributed by atoms with Gasteiger partial charge in [0, 0.05) is 23.2 Å². The van der Waals surface area contributed by atoms with Gasteiger partial charge in [0.15, 0.2) is 5.65 Å². The molecule has 1 atom stereocenters. The molecule has 2 heterocycles. The van der Waals surface area contributed by atoms with Crippen molar-refractivity contribution < 1.29 is 8.42 Å². The number of aromatic nitrogens is 3. The quantitative estimate of drug-likeness (QED) is 0.881. The van der Waals surface area contributed by atoms with Crippen LogP contribution in [0.15, 0.2) is 16.9 Å². The van der Waals surface area contributed by atoms with Gasteiger partial charge in [0.25, 0.3) is 5.56 Å². The molecule has 0 fully saturated rings. The fourth-order valence-electron chi connectivity index (χ4n) is 2.00. The zero-order chi connectivity index (χ0) is 16.0. The number of H-pyrrole nitrogens is 1. The van der Waals surface area contributed by atoms with E-state index >= 15 is 0 Å². The maximum Gasteiger partial charge on any atom is 0.272 e. The van der Waals surface area contributed by atoms with Crippen LogP contribution in [0.1, 0.15) is 45.1 Å². The Morgan fingerprint density at radius 1 is 1.33 bits per heavy atom. The molecule has 2 aromatic rings. The summed E-state index contributed by atoms with van der Waals surface area (Å²) in [5.74, 6) is 0. The number of aromatic amines is 1. The molecule has 0 amide bonds. The predicted molar refractivity (Wildman–Crippen MR) is 80.9 cm³/mol. The van der Waals surface area contributed by atoms with Crippen LogP contribution in [0.3, 0.4) is 0 Å².